The van der Waals surface area contributed by atoms with Gasteiger partial charge in [-0.05, 0) is 6.92 Å². The van der Waals surface area contributed by atoms with Crippen LogP contribution in [0.5, 0.6) is 0 Å². The van der Waals surface area contributed by atoms with Crippen LogP contribution < -0.4 is 0 Å². The summed E-state index contributed by atoms with van der Waals surface area (Å²) >= 11 is 0. The number of hydrogen-bond acceptors (Lipinski definition) is 3. The van der Waals surface area contributed by atoms with E-state index in [1.54, 1.807) is 6.07 Å². The first kappa shape index (κ1) is 30.0. The Balaban J connectivity index is -0.0000000700. The second-order valence-corrected chi connectivity index (χ2v) is 2.10. The van der Waals surface area contributed by atoms with Crippen molar-refractivity contribution in [3.05, 3.63) is 44.3 Å². The van der Waals surface area contributed by atoms with E-state index in [0.29, 0.717) is 0 Å². The number of nitriles is 1. The molecule has 0 aromatic carbocycles. The molecular weight excluding hydrogens is 282 g/mol. The third-order valence-electron chi connectivity index (χ3n) is 1.08. The van der Waals surface area contributed by atoms with Gasteiger partial charge in [0.2, 0.25) is 0 Å². The van der Waals surface area contributed by atoms with Crippen LogP contribution in [0.25, 0.3) is 0 Å². The molecule has 0 rings (SSSR count). The van der Waals surface area contributed by atoms with E-state index >= 15 is 0 Å². The minimum atomic E-state index is -0.863. The van der Waals surface area contributed by atoms with Crippen molar-refractivity contribution in [3.63, 3.8) is 0 Å². The Labute approximate surface area is 116 Å². The first-order chi connectivity index (χ1) is 8.18. The zero-order chi connectivity index (χ0) is 14.7. The molecule has 0 aromatic heterocycles. The summed E-state index contributed by atoms with van der Waals surface area (Å²) < 4.78 is 22.5. The Morgan fingerprint density at radius 3 is 1.72 bits per heavy atom. The van der Waals surface area contributed by atoms with Crippen molar-refractivity contribution in [1.29, 1.82) is 5.26 Å². The maximum atomic E-state index is 8.97. The molecule has 7 heteroatoms. The molecule has 0 saturated heterocycles. The molecule has 0 saturated carbocycles. The summed E-state index contributed by atoms with van der Waals surface area (Å²) in [5.74, 6) is 0. The van der Waals surface area contributed by atoms with Crippen LogP contribution in [0.15, 0.2) is 24.3 Å². The summed E-state index contributed by atoms with van der Waals surface area (Å²) in [6.07, 6.45) is 4.07. The first-order valence-corrected chi connectivity index (χ1v) is 3.89. The summed E-state index contributed by atoms with van der Waals surface area (Å²) in [5.41, 5.74) is 0. The Kier molecular flexibility index (Phi) is 60.2. The first-order valence-electron chi connectivity index (χ1n) is 3.89. The van der Waals surface area contributed by atoms with Crippen molar-refractivity contribution in [2.75, 3.05) is 0 Å². The molecule has 98 valence electrons. The molecule has 0 spiro atoms. The zero-order valence-corrected chi connectivity index (χ0v) is 10.5. The molecule has 0 radical (unpaired) electrons. The van der Waals surface area contributed by atoms with Gasteiger partial charge >= 0.3 is 33.9 Å². The summed E-state index contributed by atoms with van der Waals surface area (Å²) in [5, 5.41) is 25.8. The molecule has 0 fully saturated rings. The van der Waals surface area contributed by atoms with Crippen LogP contribution in [-0.4, -0.2) is 22.4 Å². The molecule has 0 aliphatic carbocycles. The van der Waals surface area contributed by atoms with Gasteiger partial charge in [0, 0.05) is 23.1 Å². The Morgan fingerprint density at radius 2 is 1.44 bits per heavy atom. The van der Waals surface area contributed by atoms with Gasteiger partial charge < -0.3 is 10.2 Å². The predicted octanol–water partition coefficient (Wildman–Crippen LogP) is 0.249. The predicted molar refractivity (Wildman–Crippen MR) is 53.4 cm³/mol. The molecule has 0 aromatic rings. The van der Waals surface area contributed by atoms with Crippen molar-refractivity contribution in [2.24, 2.45) is 0 Å². The van der Waals surface area contributed by atoms with Gasteiger partial charge in [0.05, 0.1) is 18.3 Å². The molecule has 6 nitrogen and oxygen atoms in total. The molecule has 0 heterocycles. The van der Waals surface area contributed by atoms with E-state index in [-0.39, 0.29) is 17.1 Å². The molecule has 0 aliphatic heterocycles. The molecule has 0 unspecified atom stereocenters. The Hall–Kier alpha value is -1.37. The van der Waals surface area contributed by atoms with Crippen molar-refractivity contribution < 1.29 is 41.2 Å². The van der Waals surface area contributed by atoms with Crippen molar-refractivity contribution in [2.45, 2.75) is 19.1 Å². The summed E-state index contributed by atoms with van der Waals surface area (Å²) in [7, 11) is 0. The SMILES string of the molecule is C[C@H](O)[C@@H](O)/C=C/C=C/C#N.[C-]#[O+].[C-]#[O+].[C-]#[O+].[Fe]. The van der Waals surface area contributed by atoms with E-state index in [2.05, 4.69) is 20.0 Å². The minimum absolute atomic E-state index is 0. The van der Waals surface area contributed by atoms with Crippen LogP contribution in [0, 0.1) is 31.3 Å². The van der Waals surface area contributed by atoms with Gasteiger partial charge in [0.15, 0.2) is 0 Å². The van der Waals surface area contributed by atoms with Crippen LogP contribution in [-0.2, 0) is 31.0 Å². The van der Waals surface area contributed by atoms with E-state index in [4.69, 9.17) is 29.4 Å². The molecule has 0 bridgehead atoms. The average Bonchev–Trinajstić information content (AvgIpc) is 2.41. The van der Waals surface area contributed by atoms with Gasteiger partial charge in [-0.15, -0.1) is 0 Å². The van der Waals surface area contributed by atoms with Gasteiger partial charge in [-0.3, -0.25) is 0 Å². The molecule has 18 heavy (non-hydrogen) atoms. The topological polar surface area (TPSA) is 124 Å². The third-order valence-corrected chi connectivity index (χ3v) is 1.08. The van der Waals surface area contributed by atoms with Crippen molar-refractivity contribution in [3.8, 4) is 6.07 Å². The summed E-state index contributed by atoms with van der Waals surface area (Å²) in [4.78, 5) is 0. The van der Waals surface area contributed by atoms with Gasteiger partial charge in [-0.2, -0.15) is 5.26 Å². The summed E-state index contributed by atoms with van der Waals surface area (Å²) in [6, 6.07) is 1.79. The van der Waals surface area contributed by atoms with E-state index in [0.717, 1.165) is 0 Å². The Bertz CT molecular complexity index is 285. The average molecular weight is 293 g/mol. The van der Waals surface area contributed by atoms with Gasteiger partial charge in [-0.25, -0.2) is 0 Å². The van der Waals surface area contributed by atoms with Crippen LogP contribution in [0.1, 0.15) is 6.92 Å². The van der Waals surface area contributed by atoms with Crippen LogP contribution in [0.2, 0.25) is 0 Å². The monoisotopic (exact) mass is 293 g/mol. The minimum Gasteiger partial charge on any atom is 0 e. The number of nitrogens with zero attached hydrogens (tertiary/aromatic N) is 1. The zero-order valence-electron chi connectivity index (χ0n) is 9.38. The smallest absolute Gasteiger partial charge is 0 e. The number of hydrogen-bond donors (Lipinski definition) is 2. The molecule has 2 N–H and O–H groups in total. The van der Waals surface area contributed by atoms with Crippen molar-refractivity contribution >= 4 is 0 Å². The standard InChI is InChI=1S/C8H11NO2.3CO.Fe/c1-7(10)8(11)5-3-2-4-6-9;3*1-2;/h2-5,7-8,10-11H,1H3;;;;/b4-2+,5-3+;;;;/t7-,8-;;;;/m0..../s1. The van der Waals surface area contributed by atoms with Gasteiger partial charge in [0.1, 0.15) is 0 Å². The maximum Gasteiger partial charge on any atom is 0 e. The number of rotatable bonds is 3. The fraction of sp³-hybridized carbons (Fsp3) is 0.273. The normalized spacial score (nSPS) is 10.7. The van der Waals surface area contributed by atoms with E-state index in [1.165, 1.54) is 31.2 Å². The third kappa shape index (κ3) is 36.5. The second kappa shape index (κ2) is 36.1. The Morgan fingerprint density at radius 1 is 1.06 bits per heavy atom. The van der Waals surface area contributed by atoms with Gasteiger partial charge in [-0.1, -0.05) is 18.2 Å². The van der Waals surface area contributed by atoms with Crippen LogP contribution in [0.4, 0.5) is 0 Å². The largest absolute Gasteiger partial charge is 0 e. The van der Waals surface area contributed by atoms with E-state index in [9.17, 15) is 0 Å². The molecule has 2 atom stereocenters. The van der Waals surface area contributed by atoms with E-state index < -0.39 is 12.2 Å². The number of allylic oxidation sites excluding steroid dienone is 3. The quantitative estimate of drug-likeness (QED) is 0.255. The fourth-order valence-corrected chi connectivity index (χ4v) is 0.437. The molecule has 0 aliphatic rings. The van der Waals surface area contributed by atoms with Crippen molar-refractivity contribution in [1.82, 2.24) is 0 Å². The molecular formula is C11H11FeNO5. The maximum absolute atomic E-state index is 8.97. The second-order valence-electron chi connectivity index (χ2n) is 2.10. The summed E-state index contributed by atoms with van der Waals surface area (Å²) in [6.45, 7) is 15.0. The number of aliphatic hydroxyl groups is 2. The number of aliphatic hydroxyl groups excluding tert-OH is 2. The van der Waals surface area contributed by atoms with Crippen LogP contribution >= 0.6 is 0 Å². The van der Waals surface area contributed by atoms with Crippen LogP contribution in [0.3, 0.4) is 0 Å². The van der Waals surface area contributed by atoms with Gasteiger partial charge in [0.25, 0.3) is 0 Å². The fourth-order valence-electron chi connectivity index (χ4n) is 0.437. The van der Waals surface area contributed by atoms with E-state index in [1.807, 2.05) is 0 Å². The molecule has 0 amide bonds.